The van der Waals surface area contributed by atoms with Crippen molar-refractivity contribution in [3.63, 3.8) is 0 Å². The van der Waals surface area contributed by atoms with Crippen molar-refractivity contribution in [1.82, 2.24) is 9.78 Å². The predicted molar refractivity (Wildman–Crippen MR) is 89.9 cm³/mol. The van der Waals surface area contributed by atoms with Crippen LogP contribution < -0.4 is 10.1 Å². The lowest BCUT2D eigenvalue weighted by atomic mass is 10.3. The van der Waals surface area contributed by atoms with Gasteiger partial charge in [0.2, 0.25) is 0 Å². The van der Waals surface area contributed by atoms with Crippen molar-refractivity contribution in [2.75, 3.05) is 18.5 Å². The highest BCUT2D eigenvalue weighted by molar-refractivity contribution is 5.46. The minimum atomic E-state index is 0.0179. The van der Waals surface area contributed by atoms with Crippen LogP contribution >= 0.6 is 0 Å². The third-order valence-corrected chi connectivity index (χ3v) is 3.35. The molecule has 1 heterocycles. The minimum Gasteiger partial charge on any atom is -0.491 e. The summed E-state index contributed by atoms with van der Waals surface area (Å²) >= 11 is 0. The lowest BCUT2D eigenvalue weighted by Crippen LogP contribution is -2.03. The Morgan fingerprint density at radius 1 is 1.00 bits per heavy atom. The van der Waals surface area contributed by atoms with Gasteiger partial charge in [0.05, 0.1) is 24.5 Å². The van der Waals surface area contributed by atoms with E-state index in [2.05, 4.69) is 10.4 Å². The average Bonchev–Trinajstić information content (AvgIpc) is 3.09. The normalized spacial score (nSPS) is 10.5. The van der Waals surface area contributed by atoms with Gasteiger partial charge in [0.25, 0.3) is 0 Å². The number of aromatic nitrogens is 2. The van der Waals surface area contributed by atoms with Crippen molar-refractivity contribution in [1.29, 1.82) is 0 Å². The molecule has 0 bridgehead atoms. The summed E-state index contributed by atoms with van der Waals surface area (Å²) in [7, 11) is 0. The Labute approximate surface area is 135 Å². The molecule has 0 radical (unpaired) electrons. The molecule has 2 N–H and O–H groups in total. The molecule has 0 amide bonds. The zero-order chi connectivity index (χ0) is 15.9. The first-order valence-corrected chi connectivity index (χ1v) is 7.53. The maximum absolute atomic E-state index is 8.73. The third kappa shape index (κ3) is 4.11. The summed E-state index contributed by atoms with van der Waals surface area (Å²) in [6.07, 6.45) is 1.96. The van der Waals surface area contributed by atoms with E-state index in [4.69, 9.17) is 9.84 Å². The molecule has 0 saturated carbocycles. The molecule has 118 valence electrons. The van der Waals surface area contributed by atoms with Crippen LogP contribution in [0.4, 0.5) is 5.69 Å². The monoisotopic (exact) mass is 309 g/mol. The first kappa shape index (κ1) is 15.1. The fraction of sp³-hybridized carbons (Fsp3) is 0.167. The van der Waals surface area contributed by atoms with Crippen LogP contribution in [0, 0.1) is 0 Å². The van der Waals surface area contributed by atoms with Gasteiger partial charge in [-0.1, -0.05) is 18.2 Å². The SMILES string of the molecule is OCCOc1ccc(NCc2ccn(-c3ccccc3)n2)cc1. The van der Waals surface area contributed by atoms with Gasteiger partial charge in [0, 0.05) is 11.9 Å². The van der Waals surface area contributed by atoms with E-state index in [-0.39, 0.29) is 6.61 Å². The molecule has 0 fully saturated rings. The molecule has 23 heavy (non-hydrogen) atoms. The third-order valence-electron chi connectivity index (χ3n) is 3.35. The van der Waals surface area contributed by atoms with E-state index in [1.54, 1.807) is 0 Å². The van der Waals surface area contributed by atoms with Crippen molar-refractivity contribution in [3.8, 4) is 11.4 Å². The van der Waals surface area contributed by atoms with Crippen molar-refractivity contribution in [3.05, 3.63) is 72.6 Å². The zero-order valence-corrected chi connectivity index (χ0v) is 12.7. The van der Waals surface area contributed by atoms with Gasteiger partial charge in [0.1, 0.15) is 12.4 Å². The number of nitrogens with one attached hydrogen (secondary N) is 1. The summed E-state index contributed by atoms with van der Waals surface area (Å²) in [5.41, 5.74) is 3.01. The molecule has 3 aromatic rings. The Hall–Kier alpha value is -2.79. The van der Waals surface area contributed by atoms with Crippen molar-refractivity contribution in [2.24, 2.45) is 0 Å². The number of nitrogens with zero attached hydrogens (tertiary/aromatic N) is 2. The molecular formula is C18H19N3O2. The maximum atomic E-state index is 8.73. The van der Waals surface area contributed by atoms with Crippen LogP contribution in [0.15, 0.2) is 66.9 Å². The fourth-order valence-electron chi connectivity index (χ4n) is 2.21. The second kappa shape index (κ2) is 7.47. The van der Waals surface area contributed by atoms with Crippen LogP contribution in [0.1, 0.15) is 5.69 Å². The molecule has 0 aliphatic rings. The van der Waals surface area contributed by atoms with Crippen LogP contribution in [-0.2, 0) is 6.54 Å². The van der Waals surface area contributed by atoms with E-state index in [0.717, 1.165) is 22.8 Å². The lowest BCUT2D eigenvalue weighted by Gasteiger charge is -2.07. The van der Waals surface area contributed by atoms with Gasteiger partial charge in [-0.2, -0.15) is 5.10 Å². The van der Waals surface area contributed by atoms with Crippen LogP contribution in [-0.4, -0.2) is 28.1 Å². The Bertz CT molecular complexity index is 724. The summed E-state index contributed by atoms with van der Waals surface area (Å²) in [6, 6.07) is 19.7. The highest BCUT2D eigenvalue weighted by Crippen LogP contribution is 2.16. The lowest BCUT2D eigenvalue weighted by molar-refractivity contribution is 0.201. The largest absolute Gasteiger partial charge is 0.491 e. The standard InChI is InChI=1S/C18H19N3O2/c22-12-13-23-18-8-6-15(7-9-18)19-14-16-10-11-21(20-16)17-4-2-1-3-5-17/h1-11,19,22H,12-14H2. The van der Waals surface area contributed by atoms with Crippen molar-refractivity contribution >= 4 is 5.69 Å². The highest BCUT2D eigenvalue weighted by atomic mass is 16.5. The van der Waals surface area contributed by atoms with E-state index in [1.807, 2.05) is 71.5 Å². The topological polar surface area (TPSA) is 59.3 Å². The van der Waals surface area contributed by atoms with Crippen LogP contribution in [0.3, 0.4) is 0 Å². The maximum Gasteiger partial charge on any atom is 0.119 e. The molecule has 0 atom stereocenters. The Morgan fingerprint density at radius 2 is 1.78 bits per heavy atom. The van der Waals surface area contributed by atoms with Gasteiger partial charge in [-0.15, -0.1) is 0 Å². The summed E-state index contributed by atoms with van der Waals surface area (Å²) in [6.45, 7) is 0.977. The quantitative estimate of drug-likeness (QED) is 0.704. The average molecular weight is 309 g/mol. The molecule has 0 saturated heterocycles. The number of rotatable bonds is 7. The number of ether oxygens (including phenoxy) is 1. The summed E-state index contributed by atoms with van der Waals surface area (Å²) < 4.78 is 7.20. The van der Waals surface area contributed by atoms with E-state index in [9.17, 15) is 0 Å². The van der Waals surface area contributed by atoms with Crippen LogP contribution in [0.5, 0.6) is 5.75 Å². The fourth-order valence-corrected chi connectivity index (χ4v) is 2.21. The number of hydrogen-bond donors (Lipinski definition) is 2. The second-order valence-electron chi connectivity index (χ2n) is 5.04. The van der Waals surface area contributed by atoms with Crippen molar-refractivity contribution < 1.29 is 9.84 Å². The van der Waals surface area contributed by atoms with Gasteiger partial charge in [0.15, 0.2) is 0 Å². The Balaban J connectivity index is 1.57. The molecule has 0 unspecified atom stereocenters. The van der Waals surface area contributed by atoms with Gasteiger partial charge in [-0.3, -0.25) is 0 Å². The Morgan fingerprint density at radius 3 is 2.52 bits per heavy atom. The van der Waals surface area contributed by atoms with Gasteiger partial charge in [-0.25, -0.2) is 4.68 Å². The number of hydrogen-bond acceptors (Lipinski definition) is 4. The molecule has 0 aliphatic heterocycles. The number of aliphatic hydroxyl groups excluding tert-OH is 1. The highest BCUT2D eigenvalue weighted by Gasteiger charge is 2.01. The van der Waals surface area contributed by atoms with E-state index in [0.29, 0.717) is 13.2 Å². The molecular weight excluding hydrogens is 290 g/mol. The van der Waals surface area contributed by atoms with E-state index in [1.165, 1.54) is 0 Å². The number of anilines is 1. The summed E-state index contributed by atoms with van der Waals surface area (Å²) in [4.78, 5) is 0. The second-order valence-corrected chi connectivity index (χ2v) is 5.04. The molecule has 0 aliphatic carbocycles. The zero-order valence-electron chi connectivity index (χ0n) is 12.7. The van der Waals surface area contributed by atoms with Crippen LogP contribution in [0.25, 0.3) is 5.69 Å². The first-order chi connectivity index (χ1) is 11.3. The molecule has 2 aromatic carbocycles. The first-order valence-electron chi connectivity index (χ1n) is 7.53. The van der Waals surface area contributed by atoms with Gasteiger partial charge < -0.3 is 15.2 Å². The molecule has 5 heteroatoms. The molecule has 1 aromatic heterocycles. The van der Waals surface area contributed by atoms with Gasteiger partial charge in [-0.05, 0) is 42.5 Å². The molecule has 5 nitrogen and oxygen atoms in total. The van der Waals surface area contributed by atoms with Crippen molar-refractivity contribution in [2.45, 2.75) is 6.54 Å². The number of benzene rings is 2. The van der Waals surface area contributed by atoms with E-state index < -0.39 is 0 Å². The van der Waals surface area contributed by atoms with Crippen LogP contribution in [0.2, 0.25) is 0 Å². The minimum absolute atomic E-state index is 0.0179. The molecule has 3 rings (SSSR count). The Kier molecular flexibility index (Phi) is 4.91. The summed E-state index contributed by atoms with van der Waals surface area (Å²) in [5.74, 6) is 0.748. The number of aliphatic hydroxyl groups is 1. The summed E-state index contributed by atoms with van der Waals surface area (Å²) in [5, 5.41) is 16.6. The smallest absolute Gasteiger partial charge is 0.119 e. The number of para-hydroxylation sites is 1. The van der Waals surface area contributed by atoms with Gasteiger partial charge >= 0.3 is 0 Å². The molecule has 0 spiro atoms. The predicted octanol–water partition coefficient (Wildman–Crippen LogP) is 2.86. The van der Waals surface area contributed by atoms with E-state index >= 15 is 0 Å².